The van der Waals surface area contributed by atoms with E-state index in [1.165, 1.54) is 0 Å². The van der Waals surface area contributed by atoms with Crippen LogP contribution in [0.25, 0.3) is 22.6 Å². The third-order valence-electron chi connectivity index (χ3n) is 6.51. The van der Waals surface area contributed by atoms with Crippen molar-refractivity contribution in [3.8, 4) is 28.3 Å². The molecule has 1 saturated carbocycles. The Morgan fingerprint density at radius 2 is 1.59 bits per heavy atom. The number of aliphatic hydroxyl groups is 1. The summed E-state index contributed by atoms with van der Waals surface area (Å²) in [5.41, 5.74) is 2.51. The zero-order valence-electron chi connectivity index (χ0n) is 17.9. The molecule has 0 aliphatic heterocycles. The van der Waals surface area contributed by atoms with Gasteiger partial charge in [0.2, 0.25) is 5.89 Å². The van der Waals surface area contributed by atoms with Gasteiger partial charge in [-0.05, 0) is 37.0 Å². The van der Waals surface area contributed by atoms with Gasteiger partial charge in [0.15, 0.2) is 5.76 Å². The lowest BCUT2D eigenvalue weighted by atomic mass is 9.72. The molecular formula is C28H27NO3. The molecule has 4 heteroatoms. The summed E-state index contributed by atoms with van der Waals surface area (Å²) in [6.07, 6.45) is 4.14. The summed E-state index contributed by atoms with van der Waals surface area (Å²) in [4.78, 5) is 4.90. The molecule has 1 aliphatic rings. The van der Waals surface area contributed by atoms with Crippen LogP contribution in [-0.4, -0.2) is 15.2 Å². The minimum atomic E-state index is -1.15. The lowest BCUT2D eigenvalue weighted by Gasteiger charge is -2.37. The van der Waals surface area contributed by atoms with Crippen molar-refractivity contribution < 1.29 is 14.6 Å². The maximum absolute atomic E-state index is 11.9. The maximum atomic E-state index is 11.9. The van der Waals surface area contributed by atoms with E-state index in [1.54, 1.807) is 12.1 Å². The fourth-order valence-corrected chi connectivity index (χ4v) is 4.83. The van der Waals surface area contributed by atoms with Gasteiger partial charge in [0, 0.05) is 17.0 Å². The van der Waals surface area contributed by atoms with Crippen molar-refractivity contribution in [1.82, 2.24) is 4.98 Å². The van der Waals surface area contributed by atoms with Crippen molar-refractivity contribution in [2.75, 3.05) is 0 Å². The first-order valence-corrected chi connectivity index (χ1v) is 11.3. The van der Waals surface area contributed by atoms with Crippen LogP contribution in [0.2, 0.25) is 0 Å². The number of hydrogen-bond acceptors (Lipinski definition) is 4. The number of hydrogen-bond donors (Lipinski definition) is 2. The van der Waals surface area contributed by atoms with Gasteiger partial charge >= 0.3 is 0 Å². The Bertz CT molecular complexity index is 1130. The molecule has 1 aliphatic carbocycles. The van der Waals surface area contributed by atoms with E-state index in [9.17, 15) is 10.2 Å². The first-order chi connectivity index (χ1) is 15.6. The van der Waals surface area contributed by atoms with Crippen LogP contribution in [0, 0.1) is 5.92 Å². The Labute approximate surface area is 188 Å². The van der Waals surface area contributed by atoms with E-state index in [1.807, 2.05) is 72.8 Å². The number of aromatic nitrogens is 1. The smallest absolute Gasteiger partial charge is 0.227 e. The Balaban J connectivity index is 1.58. The average Bonchev–Trinajstić information content (AvgIpc) is 3.28. The minimum absolute atomic E-state index is 0.0380. The lowest BCUT2D eigenvalue weighted by molar-refractivity contribution is -0.0742. The van der Waals surface area contributed by atoms with Crippen LogP contribution in [0.3, 0.4) is 0 Å². The number of aromatic hydroxyl groups is 1. The highest BCUT2D eigenvalue weighted by Crippen LogP contribution is 2.45. The summed E-state index contributed by atoms with van der Waals surface area (Å²) >= 11 is 0. The van der Waals surface area contributed by atoms with Gasteiger partial charge in [0.25, 0.3) is 0 Å². The van der Waals surface area contributed by atoms with E-state index in [4.69, 9.17) is 9.40 Å². The largest absolute Gasteiger partial charge is 0.508 e. The predicted molar refractivity (Wildman–Crippen MR) is 125 cm³/mol. The normalized spacial score (nSPS) is 20.8. The number of rotatable bonds is 5. The molecule has 1 heterocycles. The molecule has 5 rings (SSSR count). The van der Waals surface area contributed by atoms with E-state index in [2.05, 4.69) is 0 Å². The molecule has 0 amide bonds. The fourth-order valence-electron chi connectivity index (χ4n) is 4.83. The molecule has 4 aromatic rings. The third-order valence-corrected chi connectivity index (χ3v) is 6.51. The van der Waals surface area contributed by atoms with Crippen LogP contribution in [0.1, 0.15) is 37.1 Å². The van der Waals surface area contributed by atoms with Crippen LogP contribution < -0.4 is 0 Å². The molecule has 0 radical (unpaired) electrons. The lowest BCUT2D eigenvalue weighted by Crippen LogP contribution is -2.39. The van der Waals surface area contributed by atoms with Gasteiger partial charge < -0.3 is 14.6 Å². The molecule has 32 heavy (non-hydrogen) atoms. The quantitative estimate of drug-likeness (QED) is 0.392. The number of benzene rings is 3. The van der Waals surface area contributed by atoms with E-state index in [-0.39, 0.29) is 11.7 Å². The molecule has 2 N–H and O–H groups in total. The van der Waals surface area contributed by atoms with Crippen LogP contribution in [0.15, 0.2) is 89.3 Å². The molecule has 162 valence electrons. The Hall–Kier alpha value is -3.37. The zero-order valence-corrected chi connectivity index (χ0v) is 17.9. The Morgan fingerprint density at radius 3 is 2.31 bits per heavy atom. The molecule has 0 spiro atoms. The summed E-state index contributed by atoms with van der Waals surface area (Å²) in [5.74, 6) is 1.28. The first kappa shape index (κ1) is 20.5. The van der Waals surface area contributed by atoms with Gasteiger partial charge in [-0.25, -0.2) is 4.98 Å². The molecule has 1 aromatic heterocycles. The van der Waals surface area contributed by atoms with Crippen molar-refractivity contribution in [1.29, 1.82) is 0 Å². The molecule has 3 aromatic carbocycles. The van der Waals surface area contributed by atoms with E-state index < -0.39 is 5.60 Å². The van der Waals surface area contributed by atoms with Crippen molar-refractivity contribution in [3.63, 3.8) is 0 Å². The van der Waals surface area contributed by atoms with Crippen molar-refractivity contribution in [2.24, 2.45) is 5.92 Å². The second-order valence-corrected chi connectivity index (χ2v) is 8.67. The Morgan fingerprint density at radius 1 is 0.875 bits per heavy atom. The summed E-state index contributed by atoms with van der Waals surface area (Å²) < 4.78 is 6.38. The number of oxazole rings is 1. The summed E-state index contributed by atoms with van der Waals surface area (Å²) in [6.45, 7) is 0. The molecule has 1 fully saturated rings. The molecule has 2 atom stereocenters. The topological polar surface area (TPSA) is 66.5 Å². The summed E-state index contributed by atoms with van der Waals surface area (Å²) in [7, 11) is 0. The van der Waals surface area contributed by atoms with Gasteiger partial charge in [-0.1, -0.05) is 85.6 Å². The van der Waals surface area contributed by atoms with Gasteiger partial charge in [0.05, 0.1) is 0 Å². The summed E-state index contributed by atoms with van der Waals surface area (Å²) in [5, 5.41) is 21.8. The van der Waals surface area contributed by atoms with Crippen molar-refractivity contribution in [3.05, 3.63) is 96.4 Å². The standard InChI is InChI=1S/C28H27NO3/c30-24-16-9-10-20(19-24)18-23-15-7-8-17-28(23,31)27-29-25(21-11-3-1-4-12-21)26(32-27)22-13-5-2-6-14-22/h1-6,9-14,16,19,23,30-31H,7-8,15,17-18H2/t23-,28+/m1/s1. The fraction of sp³-hybridized carbons (Fsp3) is 0.250. The van der Waals surface area contributed by atoms with Crippen LogP contribution in [0.5, 0.6) is 5.75 Å². The number of phenols is 1. The van der Waals surface area contributed by atoms with E-state index in [0.717, 1.165) is 41.6 Å². The zero-order chi connectivity index (χ0) is 22.0. The molecule has 0 bridgehead atoms. The third kappa shape index (κ3) is 3.94. The molecule has 0 saturated heterocycles. The highest BCUT2D eigenvalue weighted by Gasteiger charge is 2.45. The van der Waals surface area contributed by atoms with Crippen LogP contribution >= 0.6 is 0 Å². The van der Waals surface area contributed by atoms with E-state index >= 15 is 0 Å². The second-order valence-electron chi connectivity index (χ2n) is 8.67. The minimum Gasteiger partial charge on any atom is -0.508 e. The maximum Gasteiger partial charge on any atom is 0.227 e. The van der Waals surface area contributed by atoms with Gasteiger partial charge in [0.1, 0.15) is 17.0 Å². The Kier molecular flexibility index (Phi) is 5.54. The highest BCUT2D eigenvalue weighted by atomic mass is 16.4. The van der Waals surface area contributed by atoms with Gasteiger partial charge in [-0.3, -0.25) is 0 Å². The SMILES string of the molecule is Oc1cccc(C[C@H]2CCCC[C@@]2(O)c2nc(-c3ccccc3)c(-c3ccccc3)o2)c1. The monoisotopic (exact) mass is 425 g/mol. The highest BCUT2D eigenvalue weighted by molar-refractivity contribution is 5.76. The van der Waals surface area contributed by atoms with Gasteiger partial charge in [-0.15, -0.1) is 0 Å². The van der Waals surface area contributed by atoms with Crippen LogP contribution in [-0.2, 0) is 12.0 Å². The average molecular weight is 426 g/mol. The first-order valence-electron chi connectivity index (χ1n) is 11.3. The molecule has 4 nitrogen and oxygen atoms in total. The van der Waals surface area contributed by atoms with Crippen molar-refractivity contribution in [2.45, 2.75) is 37.7 Å². The predicted octanol–water partition coefficient (Wildman–Crippen LogP) is 6.33. The molecular weight excluding hydrogens is 398 g/mol. The summed E-state index contributed by atoms with van der Waals surface area (Å²) in [6, 6.07) is 27.2. The van der Waals surface area contributed by atoms with Gasteiger partial charge in [-0.2, -0.15) is 0 Å². The van der Waals surface area contributed by atoms with Crippen LogP contribution in [0.4, 0.5) is 0 Å². The number of nitrogens with zero attached hydrogens (tertiary/aromatic N) is 1. The second kappa shape index (κ2) is 8.64. The molecule has 0 unspecified atom stereocenters. The van der Waals surface area contributed by atoms with E-state index in [0.29, 0.717) is 24.5 Å². The number of phenolic OH excluding ortho intramolecular Hbond substituents is 1. The van der Waals surface area contributed by atoms with Crippen molar-refractivity contribution >= 4 is 0 Å².